The number of nitrogens with zero attached hydrogens (tertiary/aromatic N) is 1. The van der Waals surface area contributed by atoms with Crippen LogP contribution in [0.25, 0.3) is 0 Å². The molecule has 1 aliphatic heterocycles. The highest BCUT2D eigenvalue weighted by molar-refractivity contribution is 9.10. The molecule has 2 rings (SSSR count). The fourth-order valence-electron chi connectivity index (χ4n) is 2.18. The maximum atomic E-state index is 12.0. The summed E-state index contributed by atoms with van der Waals surface area (Å²) in [5.41, 5.74) is 1.22. The third kappa shape index (κ3) is 3.15. The van der Waals surface area contributed by atoms with Crippen molar-refractivity contribution in [1.82, 2.24) is 0 Å². The number of esters is 1. The van der Waals surface area contributed by atoms with Crippen LogP contribution < -0.4 is 4.90 Å². The van der Waals surface area contributed by atoms with Gasteiger partial charge in [0.15, 0.2) is 0 Å². The van der Waals surface area contributed by atoms with Gasteiger partial charge in [0.05, 0.1) is 17.9 Å². The number of carbonyl (C=O) groups is 2. The molecule has 6 heteroatoms. The number of carbonyl (C=O) groups excluding carboxylic acids is 2. The summed E-state index contributed by atoms with van der Waals surface area (Å²) in [5, 5.41) is 0. The minimum atomic E-state index is -0.369. The second-order valence-corrected chi connectivity index (χ2v) is 5.78. The van der Waals surface area contributed by atoms with Gasteiger partial charge in [-0.15, -0.1) is 11.6 Å². The predicted molar refractivity (Wildman–Crippen MR) is 81.3 cm³/mol. The fraction of sp³-hybridized carbons (Fsp3) is 0.429. The maximum absolute atomic E-state index is 12.0. The second-order valence-electron chi connectivity index (χ2n) is 4.62. The molecule has 0 radical (unpaired) electrons. The monoisotopic (exact) mass is 359 g/mol. The number of amides is 1. The number of halogens is 2. The van der Waals surface area contributed by atoms with Gasteiger partial charge >= 0.3 is 5.97 Å². The molecule has 0 saturated carbocycles. The molecule has 108 valence electrons. The number of benzene rings is 1. The van der Waals surface area contributed by atoms with Crippen LogP contribution in [-0.2, 0) is 9.53 Å². The van der Waals surface area contributed by atoms with Gasteiger partial charge in [0.1, 0.15) is 0 Å². The highest BCUT2D eigenvalue weighted by Crippen LogP contribution is 2.32. The van der Waals surface area contributed by atoms with E-state index in [1.807, 2.05) is 0 Å². The summed E-state index contributed by atoms with van der Waals surface area (Å²) in [6, 6.07) is 5.10. The molecule has 1 unspecified atom stereocenters. The van der Waals surface area contributed by atoms with Crippen LogP contribution in [0, 0.1) is 5.92 Å². The summed E-state index contributed by atoms with van der Waals surface area (Å²) in [7, 11) is 0. The third-order valence-corrected chi connectivity index (χ3v) is 4.24. The van der Waals surface area contributed by atoms with Crippen molar-refractivity contribution in [3.63, 3.8) is 0 Å². The molecule has 1 aliphatic rings. The Bertz CT molecular complexity index is 535. The lowest BCUT2D eigenvalue weighted by molar-refractivity contribution is -0.117. The summed E-state index contributed by atoms with van der Waals surface area (Å²) < 4.78 is 5.65. The van der Waals surface area contributed by atoms with Gasteiger partial charge in [-0.25, -0.2) is 4.79 Å². The van der Waals surface area contributed by atoms with Crippen molar-refractivity contribution in [2.75, 3.05) is 23.9 Å². The predicted octanol–water partition coefficient (Wildman–Crippen LogP) is 3.22. The zero-order valence-electron chi connectivity index (χ0n) is 11.1. The van der Waals surface area contributed by atoms with Crippen LogP contribution in [0.4, 0.5) is 5.69 Å². The van der Waals surface area contributed by atoms with Crippen LogP contribution in [0.2, 0.25) is 0 Å². The quantitative estimate of drug-likeness (QED) is 0.612. The second kappa shape index (κ2) is 6.59. The molecular formula is C14H15BrClNO3. The smallest absolute Gasteiger partial charge is 0.338 e. The zero-order chi connectivity index (χ0) is 14.7. The first-order chi connectivity index (χ1) is 9.56. The van der Waals surface area contributed by atoms with E-state index in [1.165, 1.54) is 0 Å². The standard InChI is InChI=1S/C14H15BrClNO3/c1-2-20-14(19)10-3-4-12(11(15)6-10)17-8-9(7-16)5-13(17)18/h3-4,6,9H,2,5,7-8H2,1H3. The Morgan fingerprint density at radius 3 is 2.85 bits per heavy atom. The first kappa shape index (κ1) is 15.3. The molecule has 1 aromatic carbocycles. The van der Waals surface area contributed by atoms with Gasteiger partial charge in [0.25, 0.3) is 0 Å². The van der Waals surface area contributed by atoms with E-state index in [9.17, 15) is 9.59 Å². The molecular weight excluding hydrogens is 346 g/mol. The number of alkyl halides is 1. The van der Waals surface area contributed by atoms with Gasteiger partial charge in [-0.2, -0.15) is 0 Å². The van der Waals surface area contributed by atoms with Crippen LogP contribution in [-0.4, -0.2) is 30.9 Å². The molecule has 0 bridgehead atoms. The molecule has 0 N–H and O–H groups in total. The number of ether oxygens (including phenoxy) is 1. The van der Waals surface area contributed by atoms with E-state index < -0.39 is 0 Å². The van der Waals surface area contributed by atoms with Gasteiger partial charge < -0.3 is 9.64 Å². The Balaban J connectivity index is 2.22. The first-order valence-electron chi connectivity index (χ1n) is 6.39. The summed E-state index contributed by atoms with van der Waals surface area (Å²) in [6.07, 6.45) is 0.468. The van der Waals surface area contributed by atoms with Crippen molar-refractivity contribution in [2.45, 2.75) is 13.3 Å². The van der Waals surface area contributed by atoms with E-state index in [2.05, 4.69) is 15.9 Å². The fourth-order valence-corrected chi connectivity index (χ4v) is 2.98. The minimum Gasteiger partial charge on any atom is -0.462 e. The average Bonchev–Trinajstić information content (AvgIpc) is 2.80. The van der Waals surface area contributed by atoms with E-state index in [0.717, 1.165) is 5.69 Å². The highest BCUT2D eigenvalue weighted by Gasteiger charge is 2.31. The van der Waals surface area contributed by atoms with E-state index in [-0.39, 0.29) is 17.8 Å². The zero-order valence-corrected chi connectivity index (χ0v) is 13.4. The summed E-state index contributed by atoms with van der Waals surface area (Å²) in [4.78, 5) is 25.3. The maximum Gasteiger partial charge on any atom is 0.338 e. The van der Waals surface area contributed by atoms with Gasteiger partial charge in [-0.05, 0) is 47.0 Å². The Morgan fingerprint density at radius 1 is 1.55 bits per heavy atom. The van der Waals surface area contributed by atoms with Crippen molar-refractivity contribution < 1.29 is 14.3 Å². The van der Waals surface area contributed by atoms with Crippen molar-refractivity contribution in [2.24, 2.45) is 5.92 Å². The van der Waals surface area contributed by atoms with E-state index >= 15 is 0 Å². The van der Waals surface area contributed by atoms with Crippen molar-refractivity contribution >= 4 is 45.1 Å². The van der Waals surface area contributed by atoms with Gasteiger partial charge in [0.2, 0.25) is 5.91 Å². The van der Waals surface area contributed by atoms with Gasteiger partial charge in [0, 0.05) is 23.3 Å². The lowest BCUT2D eigenvalue weighted by atomic mass is 10.1. The molecule has 1 heterocycles. The Hall–Kier alpha value is -1.07. The number of hydrogen-bond donors (Lipinski definition) is 0. The summed E-state index contributed by atoms with van der Waals surface area (Å²) in [6.45, 7) is 2.70. The summed E-state index contributed by atoms with van der Waals surface area (Å²) >= 11 is 9.23. The Morgan fingerprint density at radius 2 is 2.30 bits per heavy atom. The van der Waals surface area contributed by atoms with Crippen LogP contribution in [0.3, 0.4) is 0 Å². The first-order valence-corrected chi connectivity index (χ1v) is 7.72. The molecule has 0 aliphatic carbocycles. The molecule has 1 aromatic rings. The average molecular weight is 361 g/mol. The molecule has 1 amide bonds. The highest BCUT2D eigenvalue weighted by atomic mass is 79.9. The lowest BCUT2D eigenvalue weighted by Crippen LogP contribution is -2.25. The molecule has 1 fully saturated rings. The largest absolute Gasteiger partial charge is 0.462 e. The van der Waals surface area contributed by atoms with Gasteiger partial charge in [-0.3, -0.25) is 4.79 Å². The number of anilines is 1. The Labute approximate surface area is 131 Å². The van der Waals surface area contributed by atoms with Crippen LogP contribution in [0.5, 0.6) is 0 Å². The molecule has 0 aromatic heterocycles. The number of rotatable bonds is 4. The van der Waals surface area contributed by atoms with E-state index in [4.69, 9.17) is 16.3 Å². The van der Waals surface area contributed by atoms with Crippen molar-refractivity contribution in [1.29, 1.82) is 0 Å². The van der Waals surface area contributed by atoms with Crippen LogP contribution in [0.1, 0.15) is 23.7 Å². The van der Waals surface area contributed by atoms with Crippen LogP contribution in [0.15, 0.2) is 22.7 Å². The van der Waals surface area contributed by atoms with E-state index in [1.54, 1.807) is 30.0 Å². The lowest BCUT2D eigenvalue weighted by Gasteiger charge is -2.18. The normalized spacial score (nSPS) is 18.4. The molecule has 1 saturated heterocycles. The van der Waals surface area contributed by atoms with Crippen molar-refractivity contribution in [3.05, 3.63) is 28.2 Å². The van der Waals surface area contributed by atoms with Crippen LogP contribution >= 0.6 is 27.5 Å². The number of hydrogen-bond acceptors (Lipinski definition) is 3. The minimum absolute atomic E-state index is 0.0558. The topological polar surface area (TPSA) is 46.6 Å². The van der Waals surface area contributed by atoms with Gasteiger partial charge in [-0.1, -0.05) is 0 Å². The molecule has 0 spiro atoms. The summed E-state index contributed by atoms with van der Waals surface area (Å²) in [5.74, 6) is 0.341. The van der Waals surface area contributed by atoms with Crippen molar-refractivity contribution in [3.8, 4) is 0 Å². The third-order valence-electron chi connectivity index (χ3n) is 3.17. The van der Waals surface area contributed by atoms with E-state index in [0.29, 0.717) is 35.5 Å². The molecule has 20 heavy (non-hydrogen) atoms. The molecule has 4 nitrogen and oxygen atoms in total. The Kier molecular flexibility index (Phi) is 5.05. The SMILES string of the molecule is CCOC(=O)c1ccc(N2CC(CCl)CC2=O)c(Br)c1. The molecule has 1 atom stereocenters.